The highest BCUT2D eigenvalue weighted by Gasteiger charge is 2.73. The summed E-state index contributed by atoms with van der Waals surface area (Å²) in [6, 6.07) is 6.57. The summed E-state index contributed by atoms with van der Waals surface area (Å²) < 4.78 is 0.819. The lowest BCUT2D eigenvalue weighted by Gasteiger charge is -2.37. The van der Waals surface area contributed by atoms with Crippen LogP contribution in [0.5, 0.6) is 0 Å². The number of carboxylic acid groups (broad SMARTS) is 1. The first-order valence-electron chi connectivity index (χ1n) is 10.9. The van der Waals surface area contributed by atoms with Gasteiger partial charge in [-0.05, 0) is 25.0 Å². The molecule has 3 aliphatic heterocycles. The Morgan fingerprint density at radius 1 is 1.36 bits per heavy atom. The molecule has 5 atom stereocenters. The summed E-state index contributed by atoms with van der Waals surface area (Å²) in [6.45, 7) is 3.79. The molecule has 1 spiro atoms. The third kappa shape index (κ3) is 3.17. The van der Waals surface area contributed by atoms with Gasteiger partial charge in [-0.1, -0.05) is 23.4 Å². The summed E-state index contributed by atoms with van der Waals surface area (Å²) in [5.41, 5.74) is 1.47. The zero-order valence-electron chi connectivity index (χ0n) is 17.9. The number of hydrogen-bond donors (Lipinski definition) is 2. The van der Waals surface area contributed by atoms with Crippen LogP contribution in [-0.4, -0.2) is 88.5 Å². The van der Waals surface area contributed by atoms with Gasteiger partial charge in [0, 0.05) is 18.3 Å². The highest BCUT2D eigenvalue weighted by atomic mass is 32.2. The van der Waals surface area contributed by atoms with Crippen molar-refractivity contribution in [3.63, 3.8) is 0 Å². The van der Waals surface area contributed by atoms with Crippen molar-refractivity contribution in [2.24, 2.45) is 11.8 Å². The fourth-order valence-electron chi connectivity index (χ4n) is 5.79. The minimum absolute atomic E-state index is 0.0146. The average Bonchev–Trinajstić information content (AvgIpc) is 3.54. The summed E-state index contributed by atoms with van der Waals surface area (Å²) >= 11 is 1.47. The van der Waals surface area contributed by atoms with E-state index in [-0.39, 0.29) is 43.4 Å². The van der Waals surface area contributed by atoms with E-state index in [1.165, 1.54) is 16.7 Å². The topological polar surface area (TPSA) is 129 Å². The molecule has 2 bridgehead atoms. The number of fused-ring (bicyclic) bond motifs is 2. The molecule has 0 saturated carbocycles. The summed E-state index contributed by atoms with van der Waals surface area (Å²) in [4.78, 5) is 42.4. The van der Waals surface area contributed by atoms with Crippen molar-refractivity contribution in [3.05, 3.63) is 36.9 Å². The molecular weight excluding hydrogens is 446 g/mol. The van der Waals surface area contributed by atoms with Gasteiger partial charge in [0.05, 0.1) is 28.7 Å². The van der Waals surface area contributed by atoms with Crippen LogP contribution in [-0.2, 0) is 21.1 Å². The molecule has 10 nitrogen and oxygen atoms in total. The fourth-order valence-corrected chi connectivity index (χ4v) is 8.00. The quantitative estimate of drug-likeness (QED) is 0.535. The van der Waals surface area contributed by atoms with E-state index in [1.54, 1.807) is 15.7 Å². The third-order valence-electron chi connectivity index (χ3n) is 7.05. The monoisotopic (exact) mass is 471 g/mol. The maximum absolute atomic E-state index is 14.0. The SMILES string of the molecule is C=CCN(Cn1nnc2ccccc21)C(=O)C1N(CCO)C(=O)[C@@H]2[C@@H](C(=O)O)[C@H]3CCC12S3. The number of aromatic nitrogens is 3. The number of likely N-dealkylation sites (tertiary alicyclic amines) is 1. The molecule has 11 heteroatoms. The maximum atomic E-state index is 14.0. The molecule has 2 N–H and O–H groups in total. The van der Waals surface area contributed by atoms with E-state index in [0.29, 0.717) is 18.4 Å². The molecule has 2 aromatic rings. The molecule has 1 aromatic heterocycles. The Kier molecular flexibility index (Phi) is 5.40. The number of aliphatic hydroxyl groups is 1. The molecule has 2 amide bonds. The van der Waals surface area contributed by atoms with Gasteiger partial charge in [0.15, 0.2) is 0 Å². The Bertz CT molecular complexity index is 1140. The van der Waals surface area contributed by atoms with Crippen LogP contribution in [0, 0.1) is 11.8 Å². The number of amides is 2. The number of rotatable bonds is 8. The number of carbonyl (C=O) groups is 3. The maximum Gasteiger partial charge on any atom is 0.308 e. The Balaban J connectivity index is 1.52. The van der Waals surface area contributed by atoms with Crippen molar-refractivity contribution >= 4 is 40.6 Å². The summed E-state index contributed by atoms with van der Waals surface area (Å²) in [6.07, 6.45) is 2.85. The van der Waals surface area contributed by atoms with E-state index in [9.17, 15) is 24.6 Å². The predicted octanol–water partition coefficient (Wildman–Crippen LogP) is 0.572. The summed E-state index contributed by atoms with van der Waals surface area (Å²) in [5, 5.41) is 27.6. The van der Waals surface area contributed by atoms with Gasteiger partial charge in [0.2, 0.25) is 11.8 Å². The Morgan fingerprint density at radius 2 is 2.15 bits per heavy atom. The highest BCUT2D eigenvalue weighted by Crippen LogP contribution is 2.66. The van der Waals surface area contributed by atoms with Crippen LogP contribution in [0.15, 0.2) is 36.9 Å². The first-order chi connectivity index (χ1) is 15.9. The Hall–Kier alpha value is -2.92. The highest BCUT2D eigenvalue weighted by molar-refractivity contribution is 8.02. The second-order valence-corrected chi connectivity index (χ2v) is 10.3. The lowest BCUT2D eigenvalue weighted by molar-refractivity contribution is -0.148. The van der Waals surface area contributed by atoms with Gasteiger partial charge in [0.1, 0.15) is 18.2 Å². The summed E-state index contributed by atoms with van der Waals surface area (Å²) in [7, 11) is 0. The normalized spacial score (nSPS) is 30.1. The number of aliphatic hydroxyl groups excluding tert-OH is 1. The van der Waals surface area contributed by atoms with Gasteiger partial charge in [-0.25, -0.2) is 4.68 Å². The van der Waals surface area contributed by atoms with Crippen molar-refractivity contribution in [1.82, 2.24) is 24.8 Å². The molecule has 5 rings (SSSR count). The van der Waals surface area contributed by atoms with Crippen LogP contribution in [0.25, 0.3) is 11.0 Å². The second-order valence-electron chi connectivity index (χ2n) is 8.72. The van der Waals surface area contributed by atoms with Crippen molar-refractivity contribution < 1.29 is 24.6 Å². The molecule has 0 radical (unpaired) electrons. The lowest BCUT2D eigenvalue weighted by Crippen LogP contribution is -2.55. The smallest absolute Gasteiger partial charge is 0.308 e. The van der Waals surface area contributed by atoms with Crippen LogP contribution in [0.2, 0.25) is 0 Å². The third-order valence-corrected chi connectivity index (χ3v) is 9.00. The van der Waals surface area contributed by atoms with E-state index in [2.05, 4.69) is 16.9 Å². The predicted molar refractivity (Wildman–Crippen MR) is 120 cm³/mol. The van der Waals surface area contributed by atoms with Crippen LogP contribution in [0.3, 0.4) is 0 Å². The molecule has 3 aliphatic rings. The number of β-amino-alcohol motifs (C(OH)–C–C–N with tert-alkyl or cyclic N) is 1. The molecule has 3 fully saturated rings. The zero-order valence-corrected chi connectivity index (χ0v) is 18.7. The van der Waals surface area contributed by atoms with E-state index in [1.807, 2.05) is 24.3 Å². The number of thioether (sulfide) groups is 1. The second kappa shape index (κ2) is 8.14. The number of carbonyl (C=O) groups excluding carboxylic acids is 2. The number of nitrogens with zero attached hydrogens (tertiary/aromatic N) is 5. The minimum Gasteiger partial charge on any atom is -0.481 e. The number of para-hydroxylation sites is 1. The molecule has 3 saturated heterocycles. The number of hydrogen-bond acceptors (Lipinski definition) is 7. The van der Waals surface area contributed by atoms with Gasteiger partial charge >= 0.3 is 5.97 Å². The van der Waals surface area contributed by atoms with E-state index < -0.39 is 28.6 Å². The van der Waals surface area contributed by atoms with Crippen LogP contribution in [0.1, 0.15) is 12.8 Å². The van der Waals surface area contributed by atoms with Crippen LogP contribution in [0.4, 0.5) is 0 Å². The fraction of sp³-hybridized carbons (Fsp3) is 0.500. The lowest BCUT2D eigenvalue weighted by atomic mass is 9.71. The standard InChI is InChI=1S/C22H25N5O5S/c1-2-9-25(12-27-14-6-4-3-5-13(14)23-24-27)20(30)18-22-8-7-15(33-22)16(21(31)32)17(22)19(29)26(18)10-11-28/h2-6,15-18,28H,1,7-12H2,(H,31,32)/t15-,16+,17+,18?,22?/m1/s1. The average molecular weight is 472 g/mol. The molecule has 4 heterocycles. The number of aliphatic carboxylic acids is 1. The van der Waals surface area contributed by atoms with Gasteiger partial charge < -0.3 is 20.0 Å². The van der Waals surface area contributed by atoms with Crippen molar-refractivity contribution in [2.75, 3.05) is 19.7 Å². The molecule has 0 aliphatic carbocycles. The van der Waals surface area contributed by atoms with Gasteiger partial charge in [-0.2, -0.15) is 0 Å². The molecule has 1 aromatic carbocycles. The van der Waals surface area contributed by atoms with Crippen LogP contribution >= 0.6 is 11.8 Å². The van der Waals surface area contributed by atoms with Gasteiger partial charge in [0.25, 0.3) is 0 Å². The van der Waals surface area contributed by atoms with E-state index in [0.717, 1.165) is 5.52 Å². The summed E-state index contributed by atoms with van der Waals surface area (Å²) in [5.74, 6) is -3.23. The molecular formula is C22H25N5O5S. The Morgan fingerprint density at radius 3 is 2.88 bits per heavy atom. The molecule has 174 valence electrons. The molecule has 33 heavy (non-hydrogen) atoms. The number of carboxylic acids is 1. The zero-order chi connectivity index (χ0) is 23.3. The Labute approximate surface area is 194 Å². The van der Waals surface area contributed by atoms with Gasteiger partial charge in [-0.15, -0.1) is 23.4 Å². The van der Waals surface area contributed by atoms with E-state index in [4.69, 9.17) is 0 Å². The van der Waals surface area contributed by atoms with Crippen molar-refractivity contribution in [2.45, 2.75) is 35.5 Å². The largest absolute Gasteiger partial charge is 0.481 e. The molecule has 2 unspecified atom stereocenters. The van der Waals surface area contributed by atoms with Crippen molar-refractivity contribution in [3.8, 4) is 0 Å². The van der Waals surface area contributed by atoms with Crippen LogP contribution < -0.4 is 0 Å². The van der Waals surface area contributed by atoms with Gasteiger partial charge in [-0.3, -0.25) is 14.4 Å². The van der Waals surface area contributed by atoms with Crippen molar-refractivity contribution in [1.29, 1.82) is 0 Å². The first-order valence-corrected chi connectivity index (χ1v) is 11.8. The minimum atomic E-state index is -0.999. The first kappa shape index (κ1) is 21.9. The number of benzene rings is 1. The van der Waals surface area contributed by atoms with E-state index >= 15 is 0 Å².